The molecule has 0 aliphatic carbocycles. The Morgan fingerprint density at radius 2 is 2.25 bits per heavy atom. The summed E-state index contributed by atoms with van der Waals surface area (Å²) in [6.45, 7) is 3.43. The van der Waals surface area contributed by atoms with Gasteiger partial charge in [-0.15, -0.1) is 0 Å². The fourth-order valence-electron chi connectivity index (χ4n) is 1.42. The van der Waals surface area contributed by atoms with Crippen LogP contribution in [0.2, 0.25) is 0 Å². The molecule has 0 radical (unpaired) electrons. The molecule has 1 atom stereocenters. The Kier molecular flexibility index (Phi) is 5.22. The minimum absolute atomic E-state index is 0.249. The van der Waals surface area contributed by atoms with Gasteiger partial charge in [-0.2, -0.15) is 0 Å². The van der Waals surface area contributed by atoms with E-state index >= 15 is 0 Å². The fraction of sp³-hybridized carbons (Fsp3) is 0.583. The zero-order valence-electron chi connectivity index (χ0n) is 10.2. The number of methoxy groups -OCH3 is 1. The lowest BCUT2D eigenvalue weighted by molar-refractivity contribution is 0.162. The van der Waals surface area contributed by atoms with Crippen molar-refractivity contribution < 1.29 is 9.84 Å². The van der Waals surface area contributed by atoms with E-state index in [9.17, 15) is 5.11 Å². The van der Waals surface area contributed by atoms with E-state index < -0.39 is 0 Å². The van der Waals surface area contributed by atoms with Crippen molar-refractivity contribution in [2.75, 3.05) is 20.7 Å². The normalized spacial score (nSPS) is 12.8. The second-order valence-electron chi connectivity index (χ2n) is 4.05. The van der Waals surface area contributed by atoms with Gasteiger partial charge in [0.1, 0.15) is 0 Å². The highest BCUT2D eigenvalue weighted by atomic mass is 16.5. The highest BCUT2D eigenvalue weighted by molar-refractivity contribution is 5.15. The third kappa shape index (κ3) is 4.59. The predicted octanol–water partition coefficient (Wildman–Crippen LogP) is 1.29. The lowest BCUT2D eigenvalue weighted by Gasteiger charge is -2.17. The van der Waals surface area contributed by atoms with Crippen LogP contribution in [0, 0.1) is 0 Å². The van der Waals surface area contributed by atoms with Gasteiger partial charge in [0.2, 0.25) is 5.88 Å². The number of hydrogen-bond acceptors (Lipinski definition) is 4. The molecule has 1 unspecified atom stereocenters. The van der Waals surface area contributed by atoms with Crippen LogP contribution >= 0.6 is 0 Å². The van der Waals surface area contributed by atoms with Crippen molar-refractivity contribution in [3.63, 3.8) is 0 Å². The van der Waals surface area contributed by atoms with Crippen LogP contribution in [0.4, 0.5) is 0 Å². The minimum atomic E-state index is -0.249. The SMILES string of the molecule is COc1cccc(CN(C)CCC(C)O)n1. The van der Waals surface area contributed by atoms with Gasteiger partial charge in [-0.25, -0.2) is 4.98 Å². The predicted molar refractivity (Wildman–Crippen MR) is 63.4 cm³/mol. The average Bonchev–Trinajstić information content (AvgIpc) is 2.26. The fourth-order valence-corrected chi connectivity index (χ4v) is 1.42. The Labute approximate surface area is 96.9 Å². The lowest BCUT2D eigenvalue weighted by atomic mass is 10.2. The third-order valence-corrected chi connectivity index (χ3v) is 2.35. The standard InChI is InChI=1S/C12H20N2O2/c1-10(15)7-8-14(2)9-11-5-4-6-12(13-11)16-3/h4-6,10,15H,7-9H2,1-3H3. The van der Waals surface area contributed by atoms with E-state index in [1.807, 2.05) is 25.2 Å². The molecule has 0 amide bonds. The van der Waals surface area contributed by atoms with E-state index in [4.69, 9.17) is 4.74 Å². The summed E-state index contributed by atoms with van der Waals surface area (Å²) in [6, 6.07) is 5.74. The summed E-state index contributed by atoms with van der Waals surface area (Å²) in [7, 11) is 3.63. The molecule has 0 aliphatic heterocycles. The average molecular weight is 224 g/mol. The molecule has 0 saturated heterocycles. The summed E-state index contributed by atoms with van der Waals surface area (Å²) in [6.07, 6.45) is 0.529. The monoisotopic (exact) mass is 224 g/mol. The maximum absolute atomic E-state index is 9.19. The van der Waals surface area contributed by atoms with Gasteiger partial charge < -0.3 is 14.7 Å². The van der Waals surface area contributed by atoms with Crippen LogP contribution < -0.4 is 4.74 Å². The molecule has 0 aliphatic rings. The number of aliphatic hydroxyl groups is 1. The molecule has 0 bridgehead atoms. The quantitative estimate of drug-likeness (QED) is 0.791. The molecular formula is C12H20N2O2. The topological polar surface area (TPSA) is 45.6 Å². The van der Waals surface area contributed by atoms with Crippen molar-refractivity contribution in [2.45, 2.75) is 26.0 Å². The van der Waals surface area contributed by atoms with Gasteiger partial charge in [0.15, 0.2) is 0 Å². The Bertz CT molecular complexity index is 316. The van der Waals surface area contributed by atoms with Crippen LogP contribution in [0.5, 0.6) is 5.88 Å². The Hall–Kier alpha value is -1.13. The Morgan fingerprint density at radius 1 is 1.50 bits per heavy atom. The summed E-state index contributed by atoms with van der Waals surface area (Å²) < 4.78 is 5.06. The molecule has 16 heavy (non-hydrogen) atoms. The van der Waals surface area contributed by atoms with Crippen molar-refractivity contribution in [1.29, 1.82) is 0 Å². The van der Waals surface area contributed by atoms with Crippen LogP contribution in [0.3, 0.4) is 0 Å². The molecule has 4 heteroatoms. The van der Waals surface area contributed by atoms with Crippen LogP contribution in [0.1, 0.15) is 19.0 Å². The highest BCUT2D eigenvalue weighted by Crippen LogP contribution is 2.08. The lowest BCUT2D eigenvalue weighted by Crippen LogP contribution is -2.22. The van der Waals surface area contributed by atoms with Gasteiger partial charge in [0.25, 0.3) is 0 Å². The van der Waals surface area contributed by atoms with Gasteiger partial charge >= 0.3 is 0 Å². The van der Waals surface area contributed by atoms with Gasteiger partial charge in [-0.3, -0.25) is 0 Å². The molecule has 1 heterocycles. The van der Waals surface area contributed by atoms with E-state index in [0.717, 1.165) is 25.2 Å². The number of aliphatic hydroxyl groups excluding tert-OH is 1. The first-order valence-electron chi connectivity index (χ1n) is 5.48. The molecule has 1 aromatic heterocycles. The largest absolute Gasteiger partial charge is 0.481 e. The van der Waals surface area contributed by atoms with E-state index in [2.05, 4.69) is 9.88 Å². The number of nitrogens with zero attached hydrogens (tertiary/aromatic N) is 2. The number of hydrogen-bond donors (Lipinski definition) is 1. The van der Waals surface area contributed by atoms with Gasteiger partial charge in [0, 0.05) is 19.2 Å². The van der Waals surface area contributed by atoms with E-state index in [-0.39, 0.29) is 6.10 Å². The van der Waals surface area contributed by atoms with E-state index in [0.29, 0.717) is 5.88 Å². The zero-order chi connectivity index (χ0) is 12.0. The van der Waals surface area contributed by atoms with Crippen LogP contribution in [-0.2, 0) is 6.54 Å². The zero-order valence-corrected chi connectivity index (χ0v) is 10.2. The summed E-state index contributed by atoms with van der Waals surface area (Å²) in [4.78, 5) is 6.47. The second-order valence-corrected chi connectivity index (χ2v) is 4.05. The summed E-state index contributed by atoms with van der Waals surface area (Å²) >= 11 is 0. The van der Waals surface area contributed by atoms with Crippen LogP contribution in [-0.4, -0.2) is 41.8 Å². The van der Waals surface area contributed by atoms with Gasteiger partial charge in [-0.1, -0.05) is 6.07 Å². The van der Waals surface area contributed by atoms with Gasteiger partial charge in [-0.05, 0) is 26.5 Å². The molecule has 1 rings (SSSR count). The summed E-state index contributed by atoms with van der Waals surface area (Å²) in [5.74, 6) is 0.640. The molecule has 1 N–H and O–H groups in total. The number of pyridine rings is 1. The van der Waals surface area contributed by atoms with Crippen molar-refractivity contribution in [3.8, 4) is 5.88 Å². The maximum Gasteiger partial charge on any atom is 0.213 e. The molecule has 0 fully saturated rings. The van der Waals surface area contributed by atoms with Gasteiger partial charge in [0.05, 0.1) is 18.9 Å². The summed E-state index contributed by atoms with van der Waals surface area (Å²) in [5.41, 5.74) is 0.979. The molecule has 90 valence electrons. The minimum Gasteiger partial charge on any atom is -0.481 e. The Morgan fingerprint density at radius 3 is 2.88 bits per heavy atom. The molecule has 4 nitrogen and oxygen atoms in total. The smallest absolute Gasteiger partial charge is 0.213 e. The second kappa shape index (κ2) is 6.45. The first-order valence-corrected chi connectivity index (χ1v) is 5.48. The van der Waals surface area contributed by atoms with Crippen LogP contribution in [0.25, 0.3) is 0 Å². The van der Waals surface area contributed by atoms with E-state index in [1.54, 1.807) is 14.0 Å². The number of rotatable bonds is 6. The number of ether oxygens (including phenoxy) is 1. The first kappa shape index (κ1) is 12.9. The highest BCUT2D eigenvalue weighted by Gasteiger charge is 2.04. The van der Waals surface area contributed by atoms with Crippen molar-refractivity contribution >= 4 is 0 Å². The van der Waals surface area contributed by atoms with Crippen molar-refractivity contribution in [1.82, 2.24) is 9.88 Å². The summed E-state index contributed by atoms with van der Waals surface area (Å²) in [5, 5.41) is 9.19. The third-order valence-electron chi connectivity index (χ3n) is 2.35. The number of aromatic nitrogens is 1. The molecule has 0 spiro atoms. The molecule has 1 aromatic rings. The Balaban J connectivity index is 2.45. The van der Waals surface area contributed by atoms with E-state index in [1.165, 1.54) is 0 Å². The first-order chi connectivity index (χ1) is 7.61. The molecular weight excluding hydrogens is 204 g/mol. The molecule has 0 saturated carbocycles. The van der Waals surface area contributed by atoms with Crippen molar-refractivity contribution in [2.24, 2.45) is 0 Å². The molecule has 0 aromatic carbocycles. The van der Waals surface area contributed by atoms with Crippen molar-refractivity contribution in [3.05, 3.63) is 23.9 Å². The maximum atomic E-state index is 9.19. The van der Waals surface area contributed by atoms with Crippen LogP contribution in [0.15, 0.2) is 18.2 Å².